The van der Waals surface area contributed by atoms with E-state index in [4.69, 9.17) is 0 Å². The van der Waals surface area contributed by atoms with Crippen LogP contribution >= 0.6 is 11.3 Å². The highest BCUT2D eigenvalue weighted by atomic mass is 32.1. The minimum atomic E-state index is 0.250. The number of fused-ring (bicyclic) bond motifs is 1. The molecule has 3 rings (SSSR count). The van der Waals surface area contributed by atoms with Gasteiger partial charge in [0.05, 0.1) is 11.4 Å². The number of aryl methyl sites for hydroxylation is 2. The summed E-state index contributed by atoms with van der Waals surface area (Å²) in [5.74, 6) is 0.250. The Morgan fingerprint density at radius 2 is 2.30 bits per heavy atom. The average Bonchev–Trinajstić information content (AvgIpc) is 2.91. The van der Waals surface area contributed by atoms with E-state index in [9.17, 15) is 4.79 Å². The number of rotatable bonds is 3. The van der Waals surface area contributed by atoms with Crippen molar-refractivity contribution in [2.75, 3.05) is 13.6 Å². The molecule has 1 atom stereocenters. The highest BCUT2D eigenvalue weighted by Crippen LogP contribution is 2.20. The number of hydrogen-bond acceptors (Lipinski definition) is 4. The van der Waals surface area contributed by atoms with Crippen LogP contribution in [0.3, 0.4) is 0 Å². The Bertz CT molecular complexity index is 645. The van der Waals surface area contributed by atoms with Crippen molar-refractivity contribution >= 4 is 22.2 Å². The van der Waals surface area contributed by atoms with E-state index in [0.717, 1.165) is 30.2 Å². The molecular formula is C14H20N4OS. The first kappa shape index (κ1) is 13.6. The molecule has 0 aromatic carbocycles. The first-order valence-electron chi connectivity index (χ1n) is 6.95. The van der Waals surface area contributed by atoms with Crippen molar-refractivity contribution in [2.24, 2.45) is 0 Å². The van der Waals surface area contributed by atoms with Crippen molar-refractivity contribution in [3.8, 4) is 0 Å². The van der Waals surface area contributed by atoms with Gasteiger partial charge in [0.25, 0.3) is 0 Å². The van der Waals surface area contributed by atoms with Crippen molar-refractivity contribution in [2.45, 2.75) is 39.3 Å². The summed E-state index contributed by atoms with van der Waals surface area (Å²) in [7, 11) is 1.88. The van der Waals surface area contributed by atoms with E-state index < -0.39 is 0 Å². The third-order valence-electron chi connectivity index (χ3n) is 4.01. The lowest BCUT2D eigenvalue weighted by molar-refractivity contribution is -0.132. The minimum Gasteiger partial charge on any atom is -0.344 e. The number of piperidine rings is 1. The van der Waals surface area contributed by atoms with Gasteiger partial charge in [0, 0.05) is 43.7 Å². The Kier molecular flexibility index (Phi) is 3.52. The van der Waals surface area contributed by atoms with Gasteiger partial charge in [-0.25, -0.2) is 4.98 Å². The molecule has 1 fully saturated rings. The van der Waals surface area contributed by atoms with E-state index in [0.29, 0.717) is 12.5 Å². The van der Waals surface area contributed by atoms with Crippen LogP contribution in [-0.4, -0.2) is 39.8 Å². The van der Waals surface area contributed by atoms with Crippen LogP contribution in [0.5, 0.6) is 0 Å². The zero-order valence-electron chi connectivity index (χ0n) is 12.1. The summed E-state index contributed by atoms with van der Waals surface area (Å²) in [6.07, 6.45) is 1.57. The van der Waals surface area contributed by atoms with Gasteiger partial charge in [0.1, 0.15) is 0 Å². The van der Waals surface area contributed by atoms with Gasteiger partial charge in [-0.15, -0.1) is 11.3 Å². The summed E-state index contributed by atoms with van der Waals surface area (Å²) in [4.78, 5) is 19.0. The van der Waals surface area contributed by atoms with Gasteiger partial charge in [0.2, 0.25) is 5.91 Å². The van der Waals surface area contributed by atoms with Gasteiger partial charge in [0.15, 0.2) is 4.96 Å². The topological polar surface area (TPSA) is 49.6 Å². The van der Waals surface area contributed by atoms with Crippen LogP contribution in [0.25, 0.3) is 4.96 Å². The molecule has 1 N–H and O–H groups in total. The number of thiazole rings is 1. The number of carbonyl (C=O) groups is 1. The van der Waals surface area contributed by atoms with Crippen LogP contribution in [0, 0.1) is 13.8 Å². The Morgan fingerprint density at radius 3 is 3.05 bits per heavy atom. The maximum absolute atomic E-state index is 11.5. The van der Waals surface area contributed by atoms with Gasteiger partial charge in [-0.2, -0.15) is 0 Å². The van der Waals surface area contributed by atoms with Crippen LogP contribution in [-0.2, 0) is 11.3 Å². The second kappa shape index (κ2) is 5.18. The number of nitrogens with zero attached hydrogens (tertiary/aromatic N) is 3. The molecule has 1 unspecified atom stereocenters. The second-order valence-electron chi connectivity index (χ2n) is 5.53. The highest BCUT2D eigenvalue weighted by molar-refractivity contribution is 7.15. The Balaban J connectivity index is 1.72. The van der Waals surface area contributed by atoms with Crippen molar-refractivity contribution in [3.05, 3.63) is 22.5 Å². The first-order valence-corrected chi connectivity index (χ1v) is 7.83. The highest BCUT2D eigenvalue weighted by Gasteiger charge is 2.23. The maximum Gasteiger partial charge on any atom is 0.222 e. The van der Waals surface area contributed by atoms with Gasteiger partial charge in [-0.1, -0.05) is 0 Å². The third-order valence-corrected chi connectivity index (χ3v) is 4.96. The van der Waals surface area contributed by atoms with Gasteiger partial charge < -0.3 is 10.2 Å². The number of amides is 1. The quantitative estimate of drug-likeness (QED) is 0.937. The SMILES string of the molecule is Cc1nc2scc(C)n2c1CNC1CCC(=O)N(C)C1. The zero-order valence-corrected chi connectivity index (χ0v) is 13.0. The van der Waals surface area contributed by atoms with E-state index >= 15 is 0 Å². The van der Waals surface area contributed by atoms with Crippen LogP contribution < -0.4 is 5.32 Å². The summed E-state index contributed by atoms with van der Waals surface area (Å²) in [5.41, 5.74) is 3.56. The molecule has 0 bridgehead atoms. The molecule has 6 heteroatoms. The molecule has 2 aromatic rings. The lowest BCUT2D eigenvalue weighted by Gasteiger charge is -2.30. The number of nitrogens with one attached hydrogen (secondary N) is 1. The number of hydrogen-bond donors (Lipinski definition) is 1. The Morgan fingerprint density at radius 1 is 1.50 bits per heavy atom. The van der Waals surface area contributed by atoms with E-state index in [1.54, 1.807) is 11.3 Å². The summed E-state index contributed by atoms with van der Waals surface area (Å²) in [6, 6.07) is 0.376. The maximum atomic E-state index is 11.5. The molecule has 0 radical (unpaired) electrons. The predicted octanol–water partition coefficient (Wildman–Crippen LogP) is 1.72. The van der Waals surface area contributed by atoms with Crippen LogP contribution in [0.15, 0.2) is 5.38 Å². The summed E-state index contributed by atoms with van der Waals surface area (Å²) >= 11 is 1.68. The molecular weight excluding hydrogens is 272 g/mol. The fourth-order valence-electron chi connectivity index (χ4n) is 2.80. The third kappa shape index (κ3) is 2.33. The first-order chi connectivity index (χ1) is 9.56. The van der Waals surface area contributed by atoms with Gasteiger partial charge >= 0.3 is 0 Å². The van der Waals surface area contributed by atoms with Crippen molar-refractivity contribution in [1.29, 1.82) is 0 Å². The minimum absolute atomic E-state index is 0.250. The largest absolute Gasteiger partial charge is 0.344 e. The van der Waals surface area contributed by atoms with Crippen LogP contribution in [0.1, 0.15) is 29.9 Å². The standard InChI is InChI=1S/C14H20N4OS/c1-9-8-20-14-16-10(2)12(18(9)14)6-15-11-4-5-13(19)17(3)7-11/h8,11,15H,4-7H2,1-3H3. The van der Waals surface area contributed by atoms with Gasteiger partial charge in [-0.05, 0) is 20.3 Å². The number of aromatic nitrogens is 2. The van der Waals surface area contributed by atoms with E-state index in [1.165, 1.54) is 11.4 Å². The van der Waals surface area contributed by atoms with E-state index in [1.807, 2.05) is 11.9 Å². The molecule has 1 aliphatic rings. The normalized spacial score (nSPS) is 20.1. The molecule has 108 valence electrons. The number of carbonyl (C=O) groups excluding carboxylic acids is 1. The van der Waals surface area contributed by atoms with Gasteiger partial charge in [-0.3, -0.25) is 9.20 Å². The second-order valence-corrected chi connectivity index (χ2v) is 6.37. The molecule has 1 aliphatic heterocycles. The number of likely N-dealkylation sites (tertiary alicyclic amines) is 1. The van der Waals surface area contributed by atoms with Crippen LogP contribution in [0.2, 0.25) is 0 Å². The van der Waals surface area contributed by atoms with E-state index in [2.05, 4.69) is 33.9 Å². The Labute approximate surface area is 122 Å². The number of likely N-dealkylation sites (N-methyl/N-ethyl adjacent to an activating group) is 1. The van der Waals surface area contributed by atoms with E-state index in [-0.39, 0.29) is 5.91 Å². The predicted molar refractivity (Wildman–Crippen MR) is 80.0 cm³/mol. The fraction of sp³-hybridized carbons (Fsp3) is 0.571. The lowest BCUT2D eigenvalue weighted by Crippen LogP contribution is -2.46. The summed E-state index contributed by atoms with van der Waals surface area (Å²) in [6.45, 7) is 5.77. The molecule has 1 amide bonds. The molecule has 0 aliphatic carbocycles. The summed E-state index contributed by atoms with van der Waals surface area (Å²) in [5, 5.41) is 5.71. The smallest absolute Gasteiger partial charge is 0.222 e. The molecule has 5 nitrogen and oxygen atoms in total. The fourth-order valence-corrected chi connectivity index (χ4v) is 3.73. The Hall–Kier alpha value is -1.40. The molecule has 0 spiro atoms. The monoisotopic (exact) mass is 292 g/mol. The van der Waals surface area contributed by atoms with Crippen molar-refractivity contribution in [1.82, 2.24) is 19.6 Å². The number of imidazole rings is 1. The molecule has 20 heavy (non-hydrogen) atoms. The average molecular weight is 292 g/mol. The molecule has 1 saturated heterocycles. The lowest BCUT2D eigenvalue weighted by atomic mass is 10.1. The molecule has 0 saturated carbocycles. The van der Waals surface area contributed by atoms with Crippen molar-refractivity contribution < 1.29 is 4.79 Å². The summed E-state index contributed by atoms with van der Waals surface area (Å²) < 4.78 is 2.23. The van der Waals surface area contributed by atoms with Crippen molar-refractivity contribution in [3.63, 3.8) is 0 Å². The molecule has 2 aromatic heterocycles. The molecule has 3 heterocycles. The van der Waals surface area contributed by atoms with Crippen LogP contribution in [0.4, 0.5) is 0 Å². The zero-order chi connectivity index (χ0) is 14.3.